The van der Waals surface area contributed by atoms with Gasteiger partial charge in [0.05, 0.1) is 5.52 Å². The summed E-state index contributed by atoms with van der Waals surface area (Å²) in [5, 5.41) is 1.29. The summed E-state index contributed by atoms with van der Waals surface area (Å²) in [5.41, 5.74) is 8.20. The summed E-state index contributed by atoms with van der Waals surface area (Å²) in [6, 6.07) is 26.2. The smallest absolute Gasteiger partial charge is 0.0528 e. The van der Waals surface area contributed by atoms with E-state index < -0.39 is 0 Å². The number of rotatable bonds is 1. The second kappa shape index (κ2) is 4.35. The Kier molecular flexibility index (Phi) is 2.33. The summed E-state index contributed by atoms with van der Waals surface area (Å²) < 4.78 is 2.32. The van der Waals surface area contributed by atoms with Crippen LogP contribution in [0.1, 0.15) is 11.1 Å². The molecule has 0 spiro atoms. The molecule has 1 aromatic heterocycles. The Hall–Kier alpha value is -2.80. The lowest BCUT2D eigenvalue weighted by molar-refractivity contribution is 1.08. The largest absolute Gasteiger partial charge is 0.316 e. The van der Waals surface area contributed by atoms with Gasteiger partial charge in [-0.3, -0.25) is 0 Å². The zero-order valence-corrected chi connectivity index (χ0v) is 12.2. The number of hydrogen-bond donors (Lipinski definition) is 0. The van der Waals surface area contributed by atoms with Crippen LogP contribution in [-0.2, 0) is 6.42 Å². The van der Waals surface area contributed by atoms with Crippen LogP contribution in [0.15, 0.2) is 79.0 Å². The van der Waals surface area contributed by atoms with Crippen molar-refractivity contribution in [2.24, 2.45) is 0 Å². The van der Waals surface area contributed by atoms with Gasteiger partial charge < -0.3 is 4.57 Å². The maximum absolute atomic E-state index is 2.32. The minimum Gasteiger partial charge on any atom is -0.316 e. The van der Waals surface area contributed by atoms with Crippen molar-refractivity contribution in [2.45, 2.75) is 6.42 Å². The number of benzene rings is 3. The summed E-state index contributed by atoms with van der Waals surface area (Å²) in [7, 11) is 0. The monoisotopic (exact) mass is 281 g/mol. The topological polar surface area (TPSA) is 4.93 Å². The minimum absolute atomic E-state index is 1.02. The molecule has 0 atom stereocenters. The fraction of sp³-hybridized carbons (Fsp3) is 0.0476. The molecule has 0 aliphatic heterocycles. The van der Waals surface area contributed by atoms with Crippen molar-refractivity contribution >= 4 is 10.9 Å². The van der Waals surface area contributed by atoms with Gasteiger partial charge in [0.2, 0.25) is 0 Å². The fourth-order valence-corrected chi connectivity index (χ4v) is 3.66. The Labute approximate surface area is 129 Å². The maximum Gasteiger partial charge on any atom is 0.0528 e. The van der Waals surface area contributed by atoms with E-state index in [0.29, 0.717) is 0 Å². The molecule has 0 bridgehead atoms. The van der Waals surface area contributed by atoms with Gasteiger partial charge in [-0.1, -0.05) is 54.6 Å². The van der Waals surface area contributed by atoms with E-state index in [4.69, 9.17) is 0 Å². The van der Waals surface area contributed by atoms with Crippen molar-refractivity contribution in [3.8, 4) is 16.8 Å². The molecule has 5 rings (SSSR count). The van der Waals surface area contributed by atoms with Crippen LogP contribution in [0.5, 0.6) is 0 Å². The summed E-state index contributed by atoms with van der Waals surface area (Å²) in [6.45, 7) is 0. The van der Waals surface area contributed by atoms with Crippen LogP contribution in [-0.4, -0.2) is 4.57 Å². The number of para-hydroxylation sites is 1. The lowest BCUT2D eigenvalue weighted by Crippen LogP contribution is -1.97. The highest BCUT2D eigenvalue weighted by atomic mass is 15.0. The first-order valence-electron chi connectivity index (χ1n) is 7.68. The van der Waals surface area contributed by atoms with E-state index in [9.17, 15) is 0 Å². The molecule has 1 heteroatoms. The third-order valence-corrected chi connectivity index (χ3v) is 4.69. The highest BCUT2D eigenvalue weighted by Crippen LogP contribution is 2.39. The van der Waals surface area contributed by atoms with Crippen LogP contribution in [0, 0.1) is 0 Å². The Balaban J connectivity index is 1.79. The second-order valence-electron chi connectivity index (χ2n) is 5.88. The van der Waals surface area contributed by atoms with E-state index in [0.717, 1.165) is 6.42 Å². The van der Waals surface area contributed by atoms with Gasteiger partial charge in [-0.05, 0) is 45.8 Å². The highest BCUT2D eigenvalue weighted by molar-refractivity contribution is 5.85. The predicted octanol–water partition coefficient (Wildman–Crippen LogP) is 5.20. The zero-order valence-electron chi connectivity index (χ0n) is 12.2. The van der Waals surface area contributed by atoms with Gasteiger partial charge in [0.1, 0.15) is 0 Å². The first kappa shape index (κ1) is 11.8. The number of hydrogen-bond acceptors (Lipinski definition) is 0. The van der Waals surface area contributed by atoms with Crippen molar-refractivity contribution < 1.29 is 0 Å². The molecule has 3 aromatic carbocycles. The number of fused-ring (bicyclic) bond motifs is 4. The molecule has 0 saturated carbocycles. The Bertz CT molecular complexity index is 1010. The fourth-order valence-electron chi connectivity index (χ4n) is 3.66. The van der Waals surface area contributed by atoms with Crippen molar-refractivity contribution in [3.05, 3.63) is 90.1 Å². The molecular weight excluding hydrogens is 266 g/mol. The minimum atomic E-state index is 1.02. The maximum atomic E-state index is 2.32. The van der Waals surface area contributed by atoms with Crippen LogP contribution in [0.25, 0.3) is 27.7 Å². The van der Waals surface area contributed by atoms with Gasteiger partial charge in [-0.2, -0.15) is 0 Å². The van der Waals surface area contributed by atoms with Crippen LogP contribution < -0.4 is 0 Å². The Morgan fingerprint density at radius 3 is 2.50 bits per heavy atom. The standard InChI is InChI=1S/C21H15N/c1-3-8-17-16(7-1)14-19-18(17)9-5-11-21(19)22-13-12-15-6-2-4-10-20(15)22/h1-13H,14H2. The van der Waals surface area contributed by atoms with Crippen LogP contribution in [0.4, 0.5) is 0 Å². The van der Waals surface area contributed by atoms with E-state index in [-0.39, 0.29) is 0 Å². The van der Waals surface area contributed by atoms with Gasteiger partial charge in [0, 0.05) is 18.3 Å². The van der Waals surface area contributed by atoms with Crippen molar-refractivity contribution in [1.82, 2.24) is 4.57 Å². The van der Waals surface area contributed by atoms with Gasteiger partial charge in [-0.15, -0.1) is 0 Å². The molecule has 0 fully saturated rings. The second-order valence-corrected chi connectivity index (χ2v) is 5.88. The molecule has 22 heavy (non-hydrogen) atoms. The summed E-state index contributed by atoms with van der Waals surface area (Å²) in [5.74, 6) is 0. The number of aromatic nitrogens is 1. The van der Waals surface area contributed by atoms with Crippen LogP contribution in [0.3, 0.4) is 0 Å². The van der Waals surface area contributed by atoms with E-state index in [2.05, 4.69) is 83.6 Å². The molecule has 104 valence electrons. The van der Waals surface area contributed by atoms with Crippen molar-refractivity contribution in [3.63, 3.8) is 0 Å². The SMILES string of the molecule is c1ccc2c(c1)Cc1c-2cccc1-n1ccc2ccccc21. The van der Waals surface area contributed by atoms with E-state index in [1.807, 2.05) is 0 Å². The summed E-state index contributed by atoms with van der Waals surface area (Å²) in [6.07, 6.45) is 3.21. The van der Waals surface area contributed by atoms with E-state index >= 15 is 0 Å². The molecule has 1 heterocycles. The lowest BCUT2D eigenvalue weighted by atomic mass is 10.0. The average molecular weight is 281 g/mol. The van der Waals surface area contributed by atoms with Gasteiger partial charge >= 0.3 is 0 Å². The summed E-state index contributed by atoms with van der Waals surface area (Å²) in [4.78, 5) is 0. The number of nitrogens with zero attached hydrogens (tertiary/aromatic N) is 1. The van der Waals surface area contributed by atoms with Gasteiger partial charge in [0.25, 0.3) is 0 Å². The van der Waals surface area contributed by atoms with Crippen molar-refractivity contribution in [1.29, 1.82) is 0 Å². The first-order chi connectivity index (χ1) is 10.9. The molecule has 0 radical (unpaired) electrons. The molecule has 1 nitrogen and oxygen atoms in total. The van der Waals surface area contributed by atoms with Crippen LogP contribution >= 0.6 is 0 Å². The van der Waals surface area contributed by atoms with E-state index in [1.165, 1.54) is 38.8 Å². The molecule has 1 aliphatic carbocycles. The van der Waals surface area contributed by atoms with Crippen LogP contribution in [0.2, 0.25) is 0 Å². The molecule has 0 N–H and O–H groups in total. The molecule has 4 aromatic rings. The first-order valence-corrected chi connectivity index (χ1v) is 7.68. The molecule has 1 aliphatic rings. The highest BCUT2D eigenvalue weighted by Gasteiger charge is 2.21. The van der Waals surface area contributed by atoms with E-state index in [1.54, 1.807) is 0 Å². The Morgan fingerprint density at radius 2 is 1.50 bits per heavy atom. The van der Waals surface area contributed by atoms with Gasteiger partial charge in [-0.25, -0.2) is 0 Å². The van der Waals surface area contributed by atoms with Crippen molar-refractivity contribution in [2.75, 3.05) is 0 Å². The molecule has 0 saturated heterocycles. The lowest BCUT2D eigenvalue weighted by Gasteiger charge is -2.11. The third kappa shape index (κ3) is 1.54. The average Bonchev–Trinajstić information content (AvgIpc) is 3.16. The van der Waals surface area contributed by atoms with Gasteiger partial charge in [0.15, 0.2) is 0 Å². The third-order valence-electron chi connectivity index (χ3n) is 4.69. The quantitative estimate of drug-likeness (QED) is 0.398. The molecular formula is C21H15N. The normalized spacial score (nSPS) is 12.4. The Morgan fingerprint density at radius 1 is 0.682 bits per heavy atom. The zero-order chi connectivity index (χ0) is 14.5. The summed E-state index contributed by atoms with van der Waals surface area (Å²) >= 11 is 0. The molecule has 0 amide bonds. The molecule has 0 unspecified atom stereocenters. The predicted molar refractivity (Wildman–Crippen MR) is 91.5 cm³/mol.